The van der Waals surface area contributed by atoms with Crippen LogP contribution >= 0.6 is 0 Å². The summed E-state index contributed by atoms with van der Waals surface area (Å²) in [5.74, 6) is 0.0213. The van der Waals surface area contributed by atoms with Gasteiger partial charge in [0, 0.05) is 18.7 Å². The maximum Gasteiger partial charge on any atom is 0.244 e. The number of anilines is 1. The van der Waals surface area contributed by atoms with Crippen molar-refractivity contribution in [2.24, 2.45) is 0 Å². The lowest BCUT2D eigenvalue weighted by Gasteiger charge is -2.33. The van der Waals surface area contributed by atoms with Gasteiger partial charge in [-0.2, -0.15) is 0 Å². The van der Waals surface area contributed by atoms with E-state index in [0.29, 0.717) is 36.8 Å². The van der Waals surface area contributed by atoms with Gasteiger partial charge in [-0.25, -0.2) is 8.42 Å². The standard InChI is InChI=1S/C27H37N3O6S/c1-5-20(4)28-27(32)23(6-2)29(18-21-11-9-8-10-12-21)26(31)19-30(37(33,34)7-3)22-13-14-24-25(17-22)36-16-15-35-24/h8-14,17,20,23H,5-7,15-16,18-19H2,1-4H3,(H,28,32)/t20-,23-/m1/s1. The van der Waals surface area contributed by atoms with Gasteiger partial charge in [-0.05, 0) is 44.4 Å². The van der Waals surface area contributed by atoms with Crippen molar-refractivity contribution in [2.75, 3.05) is 29.8 Å². The van der Waals surface area contributed by atoms with Gasteiger partial charge in [0.05, 0.1) is 11.4 Å². The average Bonchev–Trinajstić information content (AvgIpc) is 2.91. The van der Waals surface area contributed by atoms with Crippen LogP contribution in [0, 0.1) is 0 Å². The monoisotopic (exact) mass is 531 g/mol. The van der Waals surface area contributed by atoms with Crippen molar-refractivity contribution in [1.29, 1.82) is 0 Å². The molecule has 1 aliphatic heterocycles. The van der Waals surface area contributed by atoms with Crippen LogP contribution in [0.4, 0.5) is 5.69 Å². The third kappa shape index (κ3) is 7.15. The number of nitrogens with zero attached hydrogens (tertiary/aromatic N) is 2. The average molecular weight is 532 g/mol. The van der Waals surface area contributed by atoms with Gasteiger partial charge >= 0.3 is 0 Å². The molecule has 10 heteroatoms. The van der Waals surface area contributed by atoms with Crippen molar-refractivity contribution in [2.45, 2.75) is 59.2 Å². The summed E-state index contributed by atoms with van der Waals surface area (Å²) in [6.45, 7) is 7.74. The molecule has 3 rings (SSSR count). The summed E-state index contributed by atoms with van der Waals surface area (Å²) in [6, 6.07) is 13.4. The van der Waals surface area contributed by atoms with Crippen molar-refractivity contribution < 1.29 is 27.5 Å². The highest BCUT2D eigenvalue weighted by molar-refractivity contribution is 7.92. The first kappa shape index (κ1) is 28.3. The lowest BCUT2D eigenvalue weighted by molar-refractivity contribution is -0.140. The molecule has 2 aromatic rings. The molecule has 0 bridgehead atoms. The number of benzene rings is 2. The Bertz CT molecular complexity index is 1170. The van der Waals surface area contributed by atoms with Gasteiger partial charge < -0.3 is 19.7 Å². The number of rotatable bonds is 12. The first-order valence-electron chi connectivity index (χ1n) is 12.7. The van der Waals surface area contributed by atoms with E-state index in [4.69, 9.17) is 9.47 Å². The number of hydrogen-bond donors (Lipinski definition) is 1. The van der Waals surface area contributed by atoms with Crippen LogP contribution in [0.2, 0.25) is 0 Å². The number of carbonyl (C=O) groups excluding carboxylic acids is 2. The van der Waals surface area contributed by atoms with Gasteiger partial charge in [0.25, 0.3) is 0 Å². The molecule has 0 aliphatic carbocycles. The van der Waals surface area contributed by atoms with Crippen LogP contribution in [-0.4, -0.2) is 62.7 Å². The molecule has 2 atom stereocenters. The van der Waals surface area contributed by atoms with E-state index in [2.05, 4.69) is 5.32 Å². The lowest BCUT2D eigenvalue weighted by atomic mass is 10.1. The Kier molecular flexibility index (Phi) is 9.79. The molecule has 0 aromatic heterocycles. The van der Waals surface area contributed by atoms with E-state index < -0.39 is 28.5 Å². The zero-order valence-electron chi connectivity index (χ0n) is 22.0. The summed E-state index contributed by atoms with van der Waals surface area (Å²) < 4.78 is 38.6. The molecule has 1 N–H and O–H groups in total. The topological polar surface area (TPSA) is 105 Å². The van der Waals surface area contributed by atoms with Gasteiger partial charge in [0.2, 0.25) is 21.8 Å². The molecule has 0 radical (unpaired) electrons. The number of nitrogens with one attached hydrogen (secondary N) is 1. The van der Waals surface area contributed by atoms with Crippen molar-refractivity contribution in [3.8, 4) is 11.5 Å². The van der Waals surface area contributed by atoms with Crippen LogP contribution in [0.5, 0.6) is 11.5 Å². The highest BCUT2D eigenvalue weighted by atomic mass is 32.2. The fraction of sp³-hybridized carbons (Fsp3) is 0.481. The van der Waals surface area contributed by atoms with Gasteiger partial charge in [-0.1, -0.05) is 44.2 Å². The Morgan fingerprint density at radius 3 is 2.27 bits per heavy atom. The second-order valence-electron chi connectivity index (χ2n) is 8.98. The Morgan fingerprint density at radius 1 is 0.973 bits per heavy atom. The molecule has 2 aromatic carbocycles. The van der Waals surface area contributed by atoms with Gasteiger partial charge in [0.1, 0.15) is 25.8 Å². The van der Waals surface area contributed by atoms with Crippen LogP contribution in [0.15, 0.2) is 48.5 Å². The molecule has 202 valence electrons. The zero-order chi connectivity index (χ0) is 27.0. The zero-order valence-corrected chi connectivity index (χ0v) is 22.8. The fourth-order valence-corrected chi connectivity index (χ4v) is 5.10. The minimum Gasteiger partial charge on any atom is -0.486 e. The van der Waals surface area contributed by atoms with E-state index in [0.717, 1.165) is 16.3 Å². The Morgan fingerprint density at radius 2 is 1.65 bits per heavy atom. The maximum atomic E-state index is 13.8. The van der Waals surface area contributed by atoms with E-state index in [1.165, 1.54) is 11.8 Å². The molecule has 0 spiro atoms. The fourth-order valence-electron chi connectivity index (χ4n) is 4.05. The number of carbonyl (C=O) groups is 2. The minimum absolute atomic E-state index is 0.0510. The van der Waals surface area contributed by atoms with Gasteiger partial charge in [0.15, 0.2) is 11.5 Å². The van der Waals surface area contributed by atoms with Gasteiger partial charge in [-0.3, -0.25) is 13.9 Å². The van der Waals surface area contributed by atoms with E-state index in [9.17, 15) is 18.0 Å². The third-order valence-electron chi connectivity index (χ3n) is 6.38. The largest absolute Gasteiger partial charge is 0.486 e. The summed E-state index contributed by atoms with van der Waals surface area (Å²) in [4.78, 5) is 28.5. The highest BCUT2D eigenvalue weighted by Crippen LogP contribution is 2.35. The second-order valence-corrected chi connectivity index (χ2v) is 11.2. The van der Waals surface area contributed by atoms with Crippen LogP contribution in [-0.2, 0) is 26.2 Å². The van der Waals surface area contributed by atoms with Crippen molar-refractivity contribution in [3.05, 3.63) is 54.1 Å². The second kappa shape index (κ2) is 12.8. The van der Waals surface area contributed by atoms with E-state index in [1.54, 1.807) is 18.2 Å². The summed E-state index contributed by atoms with van der Waals surface area (Å²) in [7, 11) is -3.83. The predicted octanol–water partition coefficient (Wildman–Crippen LogP) is 3.34. The lowest BCUT2D eigenvalue weighted by Crippen LogP contribution is -2.53. The first-order valence-corrected chi connectivity index (χ1v) is 14.3. The Labute approximate surface area is 219 Å². The minimum atomic E-state index is -3.83. The molecule has 0 fully saturated rings. The van der Waals surface area contributed by atoms with Crippen molar-refractivity contribution in [3.63, 3.8) is 0 Å². The van der Waals surface area contributed by atoms with Crippen LogP contribution in [0.1, 0.15) is 46.1 Å². The molecule has 2 amide bonds. The highest BCUT2D eigenvalue weighted by Gasteiger charge is 2.33. The number of amides is 2. The van der Waals surface area contributed by atoms with Crippen LogP contribution in [0.3, 0.4) is 0 Å². The van der Waals surface area contributed by atoms with E-state index in [-0.39, 0.29) is 24.2 Å². The number of hydrogen-bond acceptors (Lipinski definition) is 6. The predicted molar refractivity (Wildman–Crippen MR) is 143 cm³/mol. The molecule has 1 heterocycles. The van der Waals surface area contributed by atoms with E-state index >= 15 is 0 Å². The third-order valence-corrected chi connectivity index (χ3v) is 8.12. The summed E-state index contributed by atoms with van der Waals surface area (Å²) in [5.41, 5.74) is 1.14. The summed E-state index contributed by atoms with van der Waals surface area (Å²) >= 11 is 0. The number of fused-ring (bicyclic) bond motifs is 1. The quantitative estimate of drug-likeness (QED) is 0.451. The van der Waals surface area contributed by atoms with Crippen molar-refractivity contribution in [1.82, 2.24) is 10.2 Å². The Balaban J connectivity index is 1.96. The molecule has 0 saturated heterocycles. The summed E-state index contributed by atoms with van der Waals surface area (Å²) in [6.07, 6.45) is 1.13. The molecule has 1 aliphatic rings. The molecule has 0 saturated carbocycles. The Hall–Kier alpha value is -3.27. The SMILES string of the molecule is CC[C@@H](C)NC(=O)[C@@H](CC)N(Cc1ccccc1)C(=O)CN(c1ccc2c(c1)OCCO2)S(=O)(=O)CC. The smallest absolute Gasteiger partial charge is 0.244 e. The molecule has 9 nitrogen and oxygen atoms in total. The number of sulfonamides is 1. The van der Waals surface area contributed by atoms with Crippen LogP contribution in [0.25, 0.3) is 0 Å². The van der Waals surface area contributed by atoms with Gasteiger partial charge in [-0.15, -0.1) is 0 Å². The van der Waals surface area contributed by atoms with Crippen molar-refractivity contribution >= 4 is 27.5 Å². The maximum absolute atomic E-state index is 13.8. The summed E-state index contributed by atoms with van der Waals surface area (Å²) in [5, 5.41) is 2.97. The first-order chi connectivity index (χ1) is 17.7. The van der Waals surface area contributed by atoms with Crippen LogP contribution < -0.4 is 19.1 Å². The molecular weight excluding hydrogens is 494 g/mol. The van der Waals surface area contributed by atoms with E-state index in [1.807, 2.05) is 51.1 Å². The molecule has 37 heavy (non-hydrogen) atoms. The number of ether oxygens (including phenoxy) is 2. The molecular formula is C27H37N3O6S. The molecule has 0 unspecified atom stereocenters. The normalized spacial score (nSPS) is 14.4.